The Morgan fingerprint density at radius 1 is 0.271 bits per heavy atom. The van der Waals surface area contributed by atoms with Gasteiger partial charge in [-0.15, -0.1) is 0 Å². The molecule has 0 aromatic carbocycles. The molecule has 0 atom stereocenters. The summed E-state index contributed by atoms with van der Waals surface area (Å²) in [5, 5.41) is 50.2. The minimum atomic E-state index is -0.125. The van der Waals surface area contributed by atoms with Crippen LogP contribution < -0.4 is 0 Å². The Morgan fingerprint density at radius 2 is 0.333 bits per heavy atom. The molecule has 0 unspecified atom stereocenters. The summed E-state index contributed by atoms with van der Waals surface area (Å²) < 4.78 is 0. The van der Waals surface area contributed by atoms with Crippen molar-refractivity contribution in [1.29, 1.82) is 0 Å². The van der Waals surface area contributed by atoms with Gasteiger partial charge >= 0.3 is 0 Å². The van der Waals surface area contributed by atoms with E-state index >= 15 is 0 Å². The number of aliphatic hydroxyl groups is 6. The number of allylic oxidation sites excluding steroid dienone is 12. The Morgan fingerprint density at radius 3 is 0.333 bits per heavy atom. The average molecular weight is 987 g/mol. The molecule has 0 bridgehead atoms. The maximum absolute atomic E-state index is 10.0. The number of rotatable bonds is 6. The topological polar surface area (TPSA) is 350 Å². The van der Waals surface area contributed by atoms with E-state index < -0.39 is 0 Å². The monoisotopic (exact) mass is 988 g/mol. The van der Waals surface area contributed by atoms with E-state index in [-0.39, 0.29) is 171 Å². The molecule has 48 heavy (non-hydrogen) atoms. The van der Waals surface area contributed by atoms with E-state index in [0.29, 0.717) is 0 Å². The van der Waals surface area contributed by atoms with Gasteiger partial charge in [0.25, 0.3) is 0 Å². The van der Waals surface area contributed by atoms with Crippen LogP contribution in [0.3, 0.4) is 0 Å². The molecule has 288 valence electrons. The number of aliphatic hydroxyl groups excluding tert-OH is 6. The summed E-state index contributed by atoms with van der Waals surface area (Å²) in [4.78, 5) is 60.1. The van der Waals surface area contributed by atoms with Crippen LogP contribution in [-0.2, 0) is 28.8 Å². The molecule has 0 aliphatic heterocycles. The quantitative estimate of drug-likeness (QED) is 0.165. The van der Waals surface area contributed by atoms with Crippen LogP contribution in [0.25, 0.3) is 0 Å². The van der Waals surface area contributed by atoms with Crippen LogP contribution in [0, 0.1) is 79.9 Å². The van der Waals surface area contributed by atoms with E-state index in [1.54, 1.807) is 0 Å². The van der Waals surface area contributed by atoms with E-state index in [1.165, 1.54) is 120 Å². The molecular formula is C30H56Gd2O16. The van der Waals surface area contributed by atoms with E-state index in [2.05, 4.69) is 0 Å². The molecule has 16 nitrogen and oxygen atoms in total. The molecule has 0 aliphatic carbocycles. The van der Waals surface area contributed by atoms with Crippen LogP contribution in [0.2, 0.25) is 0 Å². The molecule has 0 amide bonds. The third-order valence-corrected chi connectivity index (χ3v) is 2.47. The molecule has 0 aromatic heterocycles. The Kier molecular flexibility index (Phi) is 90.8. The first-order chi connectivity index (χ1) is 18.8. The summed E-state index contributed by atoms with van der Waals surface area (Å²) >= 11 is 0. The van der Waals surface area contributed by atoms with Crippen molar-refractivity contribution in [2.24, 2.45) is 0 Å². The van der Waals surface area contributed by atoms with Gasteiger partial charge in [-0.1, -0.05) is 0 Å². The third-order valence-electron chi connectivity index (χ3n) is 2.47. The van der Waals surface area contributed by atoms with Crippen molar-refractivity contribution >= 4 is 34.7 Å². The molecule has 0 spiro atoms. The van der Waals surface area contributed by atoms with Crippen molar-refractivity contribution in [1.82, 2.24) is 0 Å². The smallest absolute Gasteiger partial charge is 0.155 e. The van der Waals surface area contributed by atoms with Gasteiger partial charge in [-0.3, -0.25) is 28.8 Å². The maximum Gasteiger partial charge on any atom is 0.155 e. The average Bonchev–Trinajstić information content (AvgIpc) is 2.63. The van der Waals surface area contributed by atoms with Crippen LogP contribution in [0.5, 0.6) is 0 Å². The summed E-state index contributed by atoms with van der Waals surface area (Å²) in [5.74, 6) is -0.375. The van der Waals surface area contributed by atoms with Crippen molar-refractivity contribution in [3.63, 3.8) is 0 Å². The normalized spacial score (nSPS) is 10.0. The molecule has 0 rings (SSSR count). The zero-order chi connectivity index (χ0) is 35.2. The summed E-state index contributed by atoms with van der Waals surface area (Å²) in [6.45, 7) is 17.1. The van der Waals surface area contributed by atoms with Crippen molar-refractivity contribution in [2.45, 2.75) is 83.1 Å². The zero-order valence-corrected chi connectivity index (χ0v) is 33.8. The Bertz CT molecular complexity index is 828. The fourth-order valence-electron chi connectivity index (χ4n) is 1.76. The molecular weight excluding hydrogens is 931 g/mol. The first-order valence-corrected chi connectivity index (χ1v) is 12.0. The first-order valence-electron chi connectivity index (χ1n) is 12.0. The Labute approximate surface area is 346 Å². The second-order valence-electron chi connectivity index (χ2n) is 8.38. The van der Waals surface area contributed by atoms with Crippen molar-refractivity contribution in [3.8, 4) is 0 Å². The molecule has 0 saturated heterocycles. The second-order valence-corrected chi connectivity index (χ2v) is 8.38. The van der Waals surface area contributed by atoms with E-state index in [4.69, 9.17) is 30.6 Å². The number of hydrogen-bond acceptors (Lipinski definition) is 12. The summed E-state index contributed by atoms with van der Waals surface area (Å²) in [5.41, 5.74) is 0. The van der Waals surface area contributed by atoms with E-state index in [1.807, 2.05) is 0 Å². The molecule has 0 aliphatic rings. The molecule has 0 fully saturated rings. The summed E-state index contributed by atoms with van der Waals surface area (Å²) in [6, 6.07) is 0. The van der Waals surface area contributed by atoms with Crippen LogP contribution in [0.4, 0.5) is 0 Å². The second kappa shape index (κ2) is 54.2. The SMILES string of the molecule is CC(=O)/C=C(/C)O.CC(=O)/C=C(/C)O.CC(=O)/C=C(/C)O.CC(=O)/C=C(/C)O.CC(=O)/C=C(/C)O.CC(=O)/C=C(/C)O.O.O.O.O.[Gd].[Gd]. The van der Waals surface area contributed by atoms with Gasteiger partial charge < -0.3 is 52.5 Å². The fraction of sp³-hybridized carbons (Fsp3) is 0.400. The van der Waals surface area contributed by atoms with Gasteiger partial charge in [-0.05, 0) is 83.1 Å². The summed E-state index contributed by atoms with van der Waals surface area (Å²) in [7, 11) is 0. The van der Waals surface area contributed by atoms with Crippen LogP contribution in [0.1, 0.15) is 83.1 Å². The molecule has 0 radical (unpaired) electrons. The van der Waals surface area contributed by atoms with Gasteiger partial charge in [0.2, 0.25) is 0 Å². The van der Waals surface area contributed by atoms with Crippen molar-refractivity contribution < 1.29 is 161 Å². The van der Waals surface area contributed by atoms with Gasteiger partial charge in [-0.2, -0.15) is 0 Å². The van der Waals surface area contributed by atoms with Gasteiger partial charge in [0.15, 0.2) is 34.7 Å². The van der Waals surface area contributed by atoms with Crippen LogP contribution in [0.15, 0.2) is 71.0 Å². The minimum absolute atomic E-state index is 0. The predicted molar refractivity (Wildman–Crippen MR) is 177 cm³/mol. The molecule has 0 aromatic rings. The Hall–Kier alpha value is -2.25. The van der Waals surface area contributed by atoms with Crippen LogP contribution >= 0.6 is 0 Å². The maximum atomic E-state index is 10.0. The Balaban J connectivity index is -0.0000000316. The molecule has 0 saturated carbocycles. The fourth-order valence-corrected chi connectivity index (χ4v) is 1.76. The minimum Gasteiger partial charge on any atom is -0.512 e. The summed E-state index contributed by atoms with van der Waals surface area (Å²) in [6.07, 6.45) is 7.00. The number of hydrogen-bond donors (Lipinski definition) is 6. The number of carbonyl (C=O) groups excluding carboxylic acids is 6. The van der Waals surface area contributed by atoms with Gasteiger partial charge in [-0.25, -0.2) is 0 Å². The van der Waals surface area contributed by atoms with E-state index in [0.717, 1.165) is 0 Å². The van der Waals surface area contributed by atoms with Crippen LogP contribution in [-0.4, -0.2) is 87.2 Å². The molecule has 18 heteroatoms. The largest absolute Gasteiger partial charge is 0.512 e. The van der Waals surface area contributed by atoms with Crippen molar-refractivity contribution in [3.05, 3.63) is 71.0 Å². The number of ketones is 6. The van der Waals surface area contributed by atoms with Crippen molar-refractivity contribution in [2.75, 3.05) is 0 Å². The zero-order valence-electron chi connectivity index (χ0n) is 29.3. The van der Waals surface area contributed by atoms with Gasteiger partial charge in [0, 0.05) is 116 Å². The third kappa shape index (κ3) is 169. The van der Waals surface area contributed by atoms with Gasteiger partial charge in [0.1, 0.15) is 0 Å². The predicted octanol–water partition coefficient (Wildman–Crippen LogP) is 2.92. The van der Waals surface area contributed by atoms with Gasteiger partial charge in [0.05, 0.1) is 34.6 Å². The first kappa shape index (κ1) is 80.4. The van der Waals surface area contributed by atoms with E-state index in [9.17, 15) is 28.8 Å². The molecule has 0 heterocycles. The molecule has 14 N–H and O–H groups in total. The standard InChI is InChI=1S/6C5H8O2.2Gd.4H2O/c6*1-4(6)3-5(2)7;;;;;;/h6*3,6H,1-2H3;;;4*1H2/b6*4-3-;;;;;;. The number of carbonyl (C=O) groups is 6.